The van der Waals surface area contributed by atoms with Crippen LogP contribution in [0.4, 0.5) is 0 Å². The maximum atomic E-state index is 12.3. The highest BCUT2D eigenvalue weighted by Crippen LogP contribution is 2.18. The molecule has 3 rings (SSSR count). The van der Waals surface area contributed by atoms with Crippen molar-refractivity contribution in [2.24, 2.45) is 0 Å². The highest BCUT2D eigenvalue weighted by atomic mass is 16.5. The fourth-order valence-electron chi connectivity index (χ4n) is 3.52. The van der Waals surface area contributed by atoms with Gasteiger partial charge in [0.2, 0.25) is 5.91 Å². The van der Waals surface area contributed by atoms with E-state index in [1.165, 1.54) is 0 Å². The summed E-state index contributed by atoms with van der Waals surface area (Å²) in [6.45, 7) is 4.64. The number of carbonyl (C=O) groups excluding carboxylic acids is 1. The predicted molar refractivity (Wildman–Crippen MR) is 92.6 cm³/mol. The van der Waals surface area contributed by atoms with Gasteiger partial charge in [-0.1, -0.05) is 30.3 Å². The van der Waals surface area contributed by atoms with Crippen molar-refractivity contribution in [3.63, 3.8) is 0 Å². The summed E-state index contributed by atoms with van der Waals surface area (Å²) < 4.78 is 5.59. The van der Waals surface area contributed by atoms with E-state index in [0.29, 0.717) is 13.0 Å². The molecule has 0 spiro atoms. The van der Waals surface area contributed by atoms with Crippen LogP contribution in [-0.4, -0.2) is 66.2 Å². The first-order valence-corrected chi connectivity index (χ1v) is 9.07. The molecular formula is C19H28N2O3. The van der Waals surface area contributed by atoms with Crippen molar-refractivity contribution in [1.29, 1.82) is 0 Å². The van der Waals surface area contributed by atoms with Crippen LogP contribution in [0.15, 0.2) is 30.3 Å². The van der Waals surface area contributed by atoms with Gasteiger partial charge < -0.3 is 14.7 Å². The molecule has 0 aliphatic carbocycles. The van der Waals surface area contributed by atoms with E-state index < -0.39 is 6.10 Å². The van der Waals surface area contributed by atoms with E-state index in [-0.39, 0.29) is 12.0 Å². The normalized spacial score (nSPS) is 23.4. The van der Waals surface area contributed by atoms with E-state index in [0.717, 1.165) is 57.6 Å². The van der Waals surface area contributed by atoms with Crippen LogP contribution in [0.25, 0.3) is 0 Å². The highest BCUT2D eigenvalue weighted by Gasteiger charge is 2.24. The van der Waals surface area contributed by atoms with Crippen molar-refractivity contribution in [2.75, 3.05) is 39.3 Å². The zero-order valence-electron chi connectivity index (χ0n) is 14.3. The number of amides is 1. The van der Waals surface area contributed by atoms with Crippen LogP contribution in [0.5, 0.6) is 0 Å². The first-order chi connectivity index (χ1) is 11.7. The Morgan fingerprint density at radius 1 is 1.21 bits per heavy atom. The lowest BCUT2D eigenvalue weighted by Crippen LogP contribution is -2.49. The van der Waals surface area contributed by atoms with Crippen molar-refractivity contribution < 1.29 is 14.6 Å². The molecule has 24 heavy (non-hydrogen) atoms. The minimum absolute atomic E-state index is 0.244. The van der Waals surface area contributed by atoms with Gasteiger partial charge in [-0.25, -0.2) is 0 Å². The molecular weight excluding hydrogens is 304 g/mol. The number of piperazine rings is 1. The first-order valence-electron chi connectivity index (χ1n) is 9.07. The van der Waals surface area contributed by atoms with Gasteiger partial charge in [0.05, 0.1) is 12.2 Å². The number of aliphatic hydroxyl groups excluding tert-OH is 1. The van der Waals surface area contributed by atoms with Gasteiger partial charge >= 0.3 is 0 Å². The van der Waals surface area contributed by atoms with Crippen molar-refractivity contribution in [2.45, 2.75) is 37.9 Å². The summed E-state index contributed by atoms with van der Waals surface area (Å²) in [5.41, 5.74) is 0.951. The maximum Gasteiger partial charge on any atom is 0.222 e. The number of hydrogen-bond donors (Lipinski definition) is 1. The molecule has 2 saturated heterocycles. The smallest absolute Gasteiger partial charge is 0.222 e. The number of β-amino-alcohol motifs (C(OH)–C–C–N with tert-alkyl or cyclic N) is 1. The molecule has 1 N–H and O–H groups in total. The van der Waals surface area contributed by atoms with E-state index in [1.807, 2.05) is 35.2 Å². The molecule has 1 aromatic rings. The Labute approximate surface area is 144 Å². The van der Waals surface area contributed by atoms with E-state index in [2.05, 4.69) is 4.90 Å². The Morgan fingerprint density at radius 3 is 2.62 bits per heavy atom. The molecule has 5 heteroatoms. The number of carbonyl (C=O) groups is 1. The number of ether oxygens (including phenoxy) is 1. The monoisotopic (exact) mass is 332 g/mol. The third-order valence-corrected chi connectivity index (χ3v) is 5.04. The van der Waals surface area contributed by atoms with Crippen molar-refractivity contribution in [3.8, 4) is 0 Å². The fraction of sp³-hybridized carbons (Fsp3) is 0.632. The number of hydrogen-bond acceptors (Lipinski definition) is 4. The molecule has 1 amide bonds. The zero-order valence-corrected chi connectivity index (χ0v) is 14.3. The zero-order chi connectivity index (χ0) is 16.8. The van der Waals surface area contributed by atoms with Crippen LogP contribution in [0.3, 0.4) is 0 Å². The lowest BCUT2D eigenvalue weighted by atomic mass is 10.1. The molecule has 132 valence electrons. The minimum atomic E-state index is -0.465. The van der Waals surface area contributed by atoms with Crippen LogP contribution in [0.2, 0.25) is 0 Å². The summed E-state index contributed by atoms with van der Waals surface area (Å²) in [6, 6.07) is 9.76. The van der Waals surface area contributed by atoms with E-state index in [4.69, 9.17) is 4.74 Å². The van der Waals surface area contributed by atoms with Crippen LogP contribution in [0.1, 0.15) is 37.4 Å². The van der Waals surface area contributed by atoms with Crippen molar-refractivity contribution in [1.82, 2.24) is 9.80 Å². The van der Waals surface area contributed by atoms with Crippen molar-refractivity contribution >= 4 is 5.91 Å². The summed E-state index contributed by atoms with van der Waals surface area (Å²) in [5, 5.41) is 10.3. The van der Waals surface area contributed by atoms with Gasteiger partial charge in [-0.3, -0.25) is 9.69 Å². The van der Waals surface area contributed by atoms with Gasteiger partial charge in [0.1, 0.15) is 0 Å². The second-order valence-electron chi connectivity index (χ2n) is 6.78. The molecule has 0 unspecified atom stereocenters. The van der Waals surface area contributed by atoms with Crippen molar-refractivity contribution in [3.05, 3.63) is 35.9 Å². The summed E-state index contributed by atoms with van der Waals surface area (Å²) in [4.78, 5) is 16.5. The Hall–Kier alpha value is -1.43. The Balaban J connectivity index is 1.38. The quantitative estimate of drug-likeness (QED) is 0.863. The van der Waals surface area contributed by atoms with E-state index >= 15 is 0 Å². The fourth-order valence-corrected chi connectivity index (χ4v) is 3.52. The number of nitrogens with zero attached hydrogens (tertiary/aromatic N) is 2. The molecule has 0 aromatic heterocycles. The molecule has 1 aromatic carbocycles. The molecule has 0 bridgehead atoms. The molecule has 0 radical (unpaired) electrons. The van der Waals surface area contributed by atoms with Crippen LogP contribution >= 0.6 is 0 Å². The number of aliphatic hydroxyl groups is 1. The lowest BCUT2D eigenvalue weighted by Gasteiger charge is -2.35. The summed E-state index contributed by atoms with van der Waals surface area (Å²) >= 11 is 0. The maximum absolute atomic E-state index is 12.3. The number of rotatable bonds is 6. The van der Waals surface area contributed by atoms with Gasteiger partial charge in [0.15, 0.2) is 0 Å². The highest BCUT2D eigenvalue weighted by molar-refractivity contribution is 5.76. The van der Waals surface area contributed by atoms with Gasteiger partial charge in [0.25, 0.3) is 0 Å². The Morgan fingerprint density at radius 2 is 1.96 bits per heavy atom. The second-order valence-corrected chi connectivity index (χ2v) is 6.78. The summed E-state index contributed by atoms with van der Waals surface area (Å²) in [6.07, 6.45) is 3.49. The lowest BCUT2D eigenvalue weighted by molar-refractivity contribution is -0.133. The molecule has 2 aliphatic rings. The van der Waals surface area contributed by atoms with Gasteiger partial charge in [-0.15, -0.1) is 0 Å². The predicted octanol–water partition coefficient (Wildman–Crippen LogP) is 1.82. The van der Waals surface area contributed by atoms with E-state index in [1.54, 1.807) is 0 Å². The second kappa shape index (κ2) is 8.60. The van der Waals surface area contributed by atoms with Crippen LogP contribution < -0.4 is 0 Å². The summed E-state index contributed by atoms with van der Waals surface area (Å²) in [7, 11) is 0. The standard InChI is InChI=1S/C19H28N2O3/c22-18(16-5-2-1-3-6-16)15-20-10-12-21(13-11-20)19(23)9-8-17-7-4-14-24-17/h1-3,5-6,17-18,22H,4,7-15H2/t17-,18-/m0/s1. The third kappa shape index (κ3) is 4.79. The Bertz CT molecular complexity index is 509. The Kier molecular flexibility index (Phi) is 6.24. The molecule has 2 fully saturated rings. The van der Waals surface area contributed by atoms with Crippen LogP contribution in [0, 0.1) is 0 Å². The number of benzene rings is 1. The first kappa shape index (κ1) is 17.4. The van der Waals surface area contributed by atoms with E-state index in [9.17, 15) is 9.90 Å². The largest absolute Gasteiger partial charge is 0.387 e. The van der Waals surface area contributed by atoms with Gasteiger partial charge in [-0.05, 0) is 24.8 Å². The average Bonchev–Trinajstić information content (AvgIpc) is 3.14. The van der Waals surface area contributed by atoms with Gasteiger partial charge in [0, 0.05) is 45.8 Å². The van der Waals surface area contributed by atoms with Crippen LogP contribution in [-0.2, 0) is 9.53 Å². The minimum Gasteiger partial charge on any atom is -0.387 e. The summed E-state index contributed by atoms with van der Waals surface area (Å²) in [5.74, 6) is 0.244. The SMILES string of the molecule is O=C(CC[C@@H]1CCCO1)N1CCN(C[C@H](O)c2ccccc2)CC1. The van der Waals surface area contributed by atoms with Gasteiger partial charge in [-0.2, -0.15) is 0 Å². The molecule has 2 aliphatic heterocycles. The topological polar surface area (TPSA) is 53.0 Å². The molecule has 2 atom stereocenters. The molecule has 2 heterocycles. The molecule has 0 saturated carbocycles. The third-order valence-electron chi connectivity index (χ3n) is 5.04. The average molecular weight is 332 g/mol. The molecule has 5 nitrogen and oxygen atoms in total.